The lowest BCUT2D eigenvalue weighted by Crippen LogP contribution is -2.50. The lowest BCUT2D eigenvalue weighted by molar-refractivity contribution is -0.154. The van der Waals surface area contributed by atoms with Crippen molar-refractivity contribution in [2.75, 3.05) is 20.2 Å². The number of likely N-dealkylation sites (tertiary alicyclic amines) is 1. The van der Waals surface area contributed by atoms with Crippen LogP contribution in [-0.4, -0.2) is 43.0 Å². The highest BCUT2D eigenvalue weighted by molar-refractivity contribution is 5.85. The van der Waals surface area contributed by atoms with Crippen molar-refractivity contribution < 1.29 is 14.3 Å². The molecule has 0 spiro atoms. The number of hydrogen-bond acceptors (Lipinski definition) is 4. The third-order valence-corrected chi connectivity index (χ3v) is 2.47. The summed E-state index contributed by atoms with van der Waals surface area (Å²) >= 11 is 0. The van der Waals surface area contributed by atoms with Gasteiger partial charge >= 0.3 is 5.97 Å². The van der Waals surface area contributed by atoms with Gasteiger partial charge in [0.05, 0.1) is 13.7 Å². The van der Waals surface area contributed by atoms with Crippen LogP contribution in [0.4, 0.5) is 0 Å². The number of nitrogens with two attached hydrogens (primary N) is 1. The van der Waals surface area contributed by atoms with Gasteiger partial charge in [-0.3, -0.25) is 4.79 Å². The molecule has 1 aliphatic heterocycles. The van der Waals surface area contributed by atoms with Gasteiger partial charge in [-0.25, -0.2) is 4.79 Å². The van der Waals surface area contributed by atoms with Crippen LogP contribution in [0.3, 0.4) is 0 Å². The number of nitrogens with zero attached hydrogens (tertiary/aromatic N) is 1. The summed E-state index contributed by atoms with van der Waals surface area (Å²) in [5.74, 6) is -0.522. The fourth-order valence-electron chi connectivity index (χ4n) is 1.73. The maximum absolute atomic E-state index is 11.4. The minimum atomic E-state index is -0.426. The number of amides is 1. The number of piperidine rings is 1. The Labute approximate surface area is 103 Å². The monoisotopic (exact) mass is 244 g/mol. The van der Waals surface area contributed by atoms with Crippen molar-refractivity contribution in [3.05, 3.63) is 0 Å². The van der Waals surface area contributed by atoms with Crippen molar-refractivity contribution in [2.24, 2.45) is 5.73 Å². The van der Waals surface area contributed by atoms with Crippen LogP contribution in [0.15, 0.2) is 0 Å². The number of methoxy groups -OCH3 is 1. The number of carbonyl (C=O) groups excluding carboxylic acids is 2. The van der Waals surface area contributed by atoms with Gasteiger partial charge in [-0.1, -0.05) is 20.3 Å². The summed E-state index contributed by atoms with van der Waals surface area (Å²) in [6.07, 6.45) is 3.81. The van der Waals surface area contributed by atoms with Gasteiger partial charge in [0.2, 0.25) is 5.91 Å². The molecule has 17 heavy (non-hydrogen) atoms. The first kappa shape index (κ1) is 15.9. The summed E-state index contributed by atoms with van der Waals surface area (Å²) in [6, 6.07) is -0.426. The summed E-state index contributed by atoms with van der Waals surface area (Å²) in [5, 5.41) is 0. The first-order valence-corrected chi connectivity index (χ1v) is 6.19. The first-order chi connectivity index (χ1) is 8.12. The van der Waals surface area contributed by atoms with Gasteiger partial charge in [0.25, 0.3) is 0 Å². The number of hydrogen-bond donors (Lipinski definition) is 1. The van der Waals surface area contributed by atoms with E-state index in [1.165, 1.54) is 18.4 Å². The van der Waals surface area contributed by atoms with Crippen molar-refractivity contribution in [3.8, 4) is 0 Å². The Balaban J connectivity index is 0.000000770. The quantitative estimate of drug-likeness (QED) is 0.733. The third kappa shape index (κ3) is 5.17. The van der Waals surface area contributed by atoms with Crippen LogP contribution < -0.4 is 5.73 Å². The number of esters is 1. The van der Waals surface area contributed by atoms with E-state index in [9.17, 15) is 9.59 Å². The second-order valence-electron chi connectivity index (χ2n) is 4.03. The van der Waals surface area contributed by atoms with Crippen LogP contribution in [0.25, 0.3) is 0 Å². The van der Waals surface area contributed by atoms with Crippen LogP contribution in [-0.2, 0) is 14.3 Å². The predicted molar refractivity (Wildman–Crippen MR) is 66.4 cm³/mol. The van der Waals surface area contributed by atoms with E-state index in [1.54, 1.807) is 0 Å². The molecule has 1 amide bonds. The molecule has 0 aromatic heterocycles. The zero-order chi connectivity index (χ0) is 13.3. The smallest absolute Gasteiger partial charge is 0.328 e. The Morgan fingerprint density at radius 1 is 1.35 bits per heavy atom. The summed E-state index contributed by atoms with van der Waals surface area (Å²) in [4.78, 5) is 24.3. The summed E-state index contributed by atoms with van der Waals surface area (Å²) in [5.41, 5.74) is 5.26. The van der Waals surface area contributed by atoms with Crippen LogP contribution in [0.1, 0.15) is 39.5 Å². The van der Waals surface area contributed by atoms with Gasteiger partial charge in [-0.05, 0) is 19.3 Å². The standard InChI is InChI=1S/C9H16N2O3.C3H8/c1-14-9(13)7-4-2-3-5-11(7)8(12)6-10;1-3-2/h7H,2-6,10H2,1H3;3H2,1-2H3. The minimum Gasteiger partial charge on any atom is -0.467 e. The number of rotatable bonds is 2. The molecule has 0 saturated carbocycles. The molecule has 2 N–H and O–H groups in total. The molecule has 5 nitrogen and oxygen atoms in total. The molecular formula is C12H24N2O3. The molecule has 0 aliphatic carbocycles. The molecule has 1 aliphatic rings. The number of ether oxygens (including phenoxy) is 1. The molecule has 100 valence electrons. The normalized spacial score (nSPS) is 19.1. The average molecular weight is 244 g/mol. The van der Waals surface area contributed by atoms with E-state index in [0.29, 0.717) is 13.0 Å². The largest absolute Gasteiger partial charge is 0.467 e. The van der Waals surface area contributed by atoms with E-state index in [4.69, 9.17) is 5.73 Å². The second kappa shape index (κ2) is 8.98. The first-order valence-electron chi connectivity index (χ1n) is 6.19. The molecule has 1 fully saturated rings. The van der Waals surface area contributed by atoms with Gasteiger partial charge in [-0.15, -0.1) is 0 Å². The summed E-state index contributed by atoms with van der Waals surface area (Å²) in [7, 11) is 1.34. The van der Waals surface area contributed by atoms with Crippen molar-refractivity contribution in [3.63, 3.8) is 0 Å². The predicted octanol–water partition coefficient (Wildman–Crippen LogP) is 0.916. The SMILES string of the molecule is CCC.COC(=O)C1CCCCN1C(=O)CN. The highest BCUT2D eigenvalue weighted by atomic mass is 16.5. The summed E-state index contributed by atoms with van der Waals surface area (Å²) < 4.78 is 4.64. The Kier molecular flexibility index (Phi) is 8.40. The van der Waals surface area contributed by atoms with Gasteiger partial charge in [0, 0.05) is 6.54 Å². The Morgan fingerprint density at radius 2 is 1.94 bits per heavy atom. The Hall–Kier alpha value is -1.10. The topological polar surface area (TPSA) is 72.6 Å². The van der Waals surface area contributed by atoms with Crippen LogP contribution in [0, 0.1) is 0 Å². The molecule has 1 heterocycles. The fraction of sp³-hybridized carbons (Fsp3) is 0.833. The Bertz CT molecular complexity index is 220. The van der Waals surface area contributed by atoms with Crippen molar-refractivity contribution in [2.45, 2.75) is 45.6 Å². The molecule has 0 bridgehead atoms. The molecule has 0 aromatic carbocycles. The van der Waals surface area contributed by atoms with Crippen LogP contribution >= 0.6 is 0 Å². The molecule has 0 aromatic rings. The van der Waals surface area contributed by atoms with Gasteiger partial charge in [0.15, 0.2) is 0 Å². The third-order valence-electron chi connectivity index (χ3n) is 2.47. The zero-order valence-electron chi connectivity index (χ0n) is 11.1. The highest BCUT2D eigenvalue weighted by Crippen LogP contribution is 2.17. The van der Waals surface area contributed by atoms with Crippen LogP contribution in [0.2, 0.25) is 0 Å². The van der Waals surface area contributed by atoms with Crippen molar-refractivity contribution in [1.82, 2.24) is 4.90 Å². The molecular weight excluding hydrogens is 220 g/mol. The second-order valence-corrected chi connectivity index (χ2v) is 4.03. The van der Waals surface area contributed by atoms with Crippen LogP contribution in [0.5, 0.6) is 0 Å². The van der Waals surface area contributed by atoms with Gasteiger partial charge in [0.1, 0.15) is 6.04 Å². The van der Waals surface area contributed by atoms with E-state index >= 15 is 0 Å². The molecule has 1 unspecified atom stereocenters. The maximum atomic E-state index is 11.4. The number of carbonyl (C=O) groups is 2. The van der Waals surface area contributed by atoms with Gasteiger partial charge in [-0.2, -0.15) is 0 Å². The fourth-order valence-corrected chi connectivity index (χ4v) is 1.73. The van der Waals surface area contributed by atoms with E-state index in [-0.39, 0.29) is 18.4 Å². The van der Waals surface area contributed by atoms with E-state index in [1.807, 2.05) is 0 Å². The van der Waals surface area contributed by atoms with E-state index in [0.717, 1.165) is 12.8 Å². The molecule has 0 radical (unpaired) electrons. The lowest BCUT2D eigenvalue weighted by atomic mass is 10.0. The highest BCUT2D eigenvalue weighted by Gasteiger charge is 2.31. The van der Waals surface area contributed by atoms with Gasteiger partial charge < -0.3 is 15.4 Å². The Morgan fingerprint density at radius 3 is 2.41 bits per heavy atom. The van der Waals surface area contributed by atoms with Crippen molar-refractivity contribution >= 4 is 11.9 Å². The van der Waals surface area contributed by atoms with E-state index < -0.39 is 6.04 Å². The molecule has 1 atom stereocenters. The minimum absolute atomic E-state index is 0.0481. The molecule has 1 rings (SSSR count). The molecule has 1 saturated heterocycles. The zero-order valence-corrected chi connectivity index (χ0v) is 11.1. The summed E-state index contributed by atoms with van der Waals surface area (Å²) in [6.45, 7) is 4.81. The van der Waals surface area contributed by atoms with E-state index in [2.05, 4.69) is 18.6 Å². The maximum Gasteiger partial charge on any atom is 0.328 e. The van der Waals surface area contributed by atoms with Crippen molar-refractivity contribution in [1.29, 1.82) is 0 Å². The lowest BCUT2D eigenvalue weighted by Gasteiger charge is -2.33. The molecule has 5 heteroatoms. The average Bonchev–Trinajstić information content (AvgIpc) is 2.37.